The molecule has 0 aliphatic rings. The zero-order chi connectivity index (χ0) is 15.5. The first-order chi connectivity index (χ1) is 10.6. The van der Waals surface area contributed by atoms with Gasteiger partial charge in [-0.3, -0.25) is 0 Å². The van der Waals surface area contributed by atoms with Crippen molar-refractivity contribution in [3.05, 3.63) is 71.5 Å². The Bertz CT molecular complexity index is 846. The fourth-order valence-corrected chi connectivity index (χ4v) is 2.37. The van der Waals surface area contributed by atoms with E-state index in [1.165, 1.54) is 18.2 Å². The lowest BCUT2D eigenvalue weighted by atomic mass is 10.1. The van der Waals surface area contributed by atoms with Gasteiger partial charge in [-0.15, -0.1) is 0 Å². The maximum Gasteiger partial charge on any atom is 0.323 e. The Morgan fingerprint density at radius 2 is 1.73 bits per heavy atom. The van der Waals surface area contributed by atoms with Crippen molar-refractivity contribution < 1.29 is 9.18 Å². The predicted molar refractivity (Wildman–Crippen MR) is 88.0 cm³/mol. The molecule has 3 rings (SSSR count). The Balaban J connectivity index is 1.80. The molecule has 3 aromatic carbocycles. The highest BCUT2D eigenvalue weighted by Gasteiger charge is 2.07. The summed E-state index contributed by atoms with van der Waals surface area (Å²) in [6.45, 7) is 0. The quantitative estimate of drug-likeness (QED) is 0.664. The summed E-state index contributed by atoms with van der Waals surface area (Å²) in [7, 11) is 0. The Kier molecular flexibility index (Phi) is 3.94. The molecule has 22 heavy (non-hydrogen) atoms. The summed E-state index contributed by atoms with van der Waals surface area (Å²) >= 11 is 5.69. The minimum Gasteiger partial charge on any atom is -0.308 e. The molecule has 0 atom stereocenters. The van der Waals surface area contributed by atoms with E-state index >= 15 is 0 Å². The predicted octanol–water partition coefficient (Wildman–Crippen LogP) is 5.28. The van der Waals surface area contributed by atoms with Crippen molar-refractivity contribution in [1.82, 2.24) is 0 Å². The molecule has 0 aliphatic carbocycles. The van der Waals surface area contributed by atoms with Crippen LogP contribution in [0.1, 0.15) is 0 Å². The van der Waals surface area contributed by atoms with Gasteiger partial charge in [-0.25, -0.2) is 9.18 Å². The summed E-state index contributed by atoms with van der Waals surface area (Å²) in [5.41, 5.74) is 1.12. The number of carbonyl (C=O) groups is 1. The molecule has 0 radical (unpaired) electrons. The number of nitrogens with one attached hydrogen (secondary N) is 2. The van der Waals surface area contributed by atoms with Crippen LogP contribution in [0.5, 0.6) is 0 Å². The van der Waals surface area contributed by atoms with E-state index in [0.29, 0.717) is 11.4 Å². The van der Waals surface area contributed by atoms with Crippen molar-refractivity contribution in [2.45, 2.75) is 0 Å². The van der Waals surface area contributed by atoms with Crippen LogP contribution in [0.15, 0.2) is 60.7 Å². The van der Waals surface area contributed by atoms with Gasteiger partial charge >= 0.3 is 6.03 Å². The van der Waals surface area contributed by atoms with Gasteiger partial charge in [0.05, 0.1) is 10.7 Å². The smallest absolute Gasteiger partial charge is 0.308 e. The second kappa shape index (κ2) is 6.03. The monoisotopic (exact) mass is 314 g/mol. The molecule has 2 amide bonds. The van der Waals surface area contributed by atoms with Crippen LogP contribution in [-0.2, 0) is 0 Å². The summed E-state index contributed by atoms with van der Waals surface area (Å²) in [5.74, 6) is -0.526. The zero-order valence-corrected chi connectivity index (χ0v) is 12.2. The molecule has 0 bridgehead atoms. The summed E-state index contributed by atoms with van der Waals surface area (Å²) in [6, 6.07) is 17.0. The number of urea groups is 1. The Labute approximate surface area is 131 Å². The number of fused-ring (bicyclic) bond motifs is 1. The standard InChI is InChI=1S/C17H12ClFN2O/c18-14-10-12(8-9-15(14)19)20-17(22)21-16-7-3-5-11-4-1-2-6-13(11)16/h1-10H,(H2,20,21,22). The normalized spacial score (nSPS) is 10.5. The molecule has 0 spiro atoms. The number of carbonyl (C=O) groups excluding carboxylic acids is 1. The van der Waals surface area contributed by atoms with Crippen molar-refractivity contribution in [3.63, 3.8) is 0 Å². The van der Waals surface area contributed by atoms with Crippen LogP contribution >= 0.6 is 11.6 Å². The summed E-state index contributed by atoms with van der Waals surface area (Å²) in [5, 5.41) is 7.34. The molecule has 0 saturated carbocycles. The van der Waals surface area contributed by atoms with E-state index in [1.54, 1.807) is 0 Å². The fraction of sp³-hybridized carbons (Fsp3) is 0. The largest absolute Gasteiger partial charge is 0.323 e. The lowest BCUT2D eigenvalue weighted by Crippen LogP contribution is -2.19. The molecular weight excluding hydrogens is 303 g/mol. The fourth-order valence-electron chi connectivity index (χ4n) is 2.19. The first-order valence-electron chi connectivity index (χ1n) is 6.64. The van der Waals surface area contributed by atoms with Gasteiger partial charge in [0, 0.05) is 11.1 Å². The van der Waals surface area contributed by atoms with Crippen LogP contribution < -0.4 is 10.6 Å². The highest BCUT2D eigenvalue weighted by molar-refractivity contribution is 6.31. The van der Waals surface area contributed by atoms with E-state index in [2.05, 4.69) is 10.6 Å². The lowest BCUT2D eigenvalue weighted by Gasteiger charge is -2.10. The van der Waals surface area contributed by atoms with Crippen molar-refractivity contribution in [2.75, 3.05) is 10.6 Å². The van der Waals surface area contributed by atoms with Crippen molar-refractivity contribution in [1.29, 1.82) is 0 Å². The van der Waals surface area contributed by atoms with Crippen LogP contribution in [-0.4, -0.2) is 6.03 Å². The molecule has 0 aliphatic heterocycles. The highest BCUT2D eigenvalue weighted by atomic mass is 35.5. The second-order valence-electron chi connectivity index (χ2n) is 4.73. The third-order valence-corrected chi connectivity index (χ3v) is 3.50. The molecule has 5 heteroatoms. The molecule has 0 aromatic heterocycles. The van der Waals surface area contributed by atoms with E-state index in [9.17, 15) is 9.18 Å². The van der Waals surface area contributed by atoms with Gasteiger partial charge in [0.2, 0.25) is 0 Å². The van der Waals surface area contributed by atoms with Gasteiger partial charge in [-0.1, -0.05) is 48.0 Å². The minimum atomic E-state index is -0.526. The number of hydrogen-bond acceptors (Lipinski definition) is 1. The number of hydrogen-bond donors (Lipinski definition) is 2. The van der Waals surface area contributed by atoms with Crippen molar-refractivity contribution >= 4 is 39.8 Å². The van der Waals surface area contributed by atoms with Gasteiger partial charge in [-0.2, -0.15) is 0 Å². The van der Waals surface area contributed by atoms with Crippen LogP contribution in [0.2, 0.25) is 5.02 Å². The Morgan fingerprint density at radius 1 is 0.955 bits per heavy atom. The van der Waals surface area contributed by atoms with Gasteiger partial charge in [0.1, 0.15) is 5.82 Å². The summed E-state index contributed by atoms with van der Waals surface area (Å²) < 4.78 is 13.1. The number of benzene rings is 3. The highest BCUT2D eigenvalue weighted by Crippen LogP contribution is 2.24. The van der Waals surface area contributed by atoms with E-state index < -0.39 is 11.8 Å². The topological polar surface area (TPSA) is 41.1 Å². The SMILES string of the molecule is O=C(Nc1ccc(F)c(Cl)c1)Nc1cccc2ccccc12. The van der Waals surface area contributed by atoms with Gasteiger partial charge in [0.15, 0.2) is 0 Å². The molecule has 3 nitrogen and oxygen atoms in total. The second-order valence-corrected chi connectivity index (χ2v) is 5.14. The van der Waals surface area contributed by atoms with E-state index in [0.717, 1.165) is 10.8 Å². The average Bonchev–Trinajstić information content (AvgIpc) is 2.51. The van der Waals surface area contributed by atoms with E-state index in [1.807, 2.05) is 42.5 Å². The molecule has 0 unspecified atom stereocenters. The third kappa shape index (κ3) is 3.02. The molecule has 110 valence electrons. The average molecular weight is 315 g/mol. The van der Waals surface area contributed by atoms with Gasteiger partial charge in [-0.05, 0) is 29.7 Å². The number of halogens is 2. The summed E-state index contributed by atoms with van der Waals surface area (Å²) in [6.07, 6.45) is 0. The van der Waals surface area contributed by atoms with Crippen LogP contribution in [0, 0.1) is 5.82 Å². The minimum absolute atomic E-state index is 0.0389. The van der Waals surface area contributed by atoms with Gasteiger partial charge < -0.3 is 10.6 Å². The van der Waals surface area contributed by atoms with Crippen molar-refractivity contribution in [3.8, 4) is 0 Å². The Morgan fingerprint density at radius 3 is 2.55 bits per heavy atom. The maximum atomic E-state index is 13.1. The van der Waals surface area contributed by atoms with Crippen LogP contribution in [0.4, 0.5) is 20.6 Å². The molecule has 2 N–H and O–H groups in total. The first-order valence-corrected chi connectivity index (χ1v) is 7.02. The number of anilines is 2. The van der Waals surface area contributed by atoms with Crippen LogP contribution in [0.25, 0.3) is 10.8 Å². The maximum absolute atomic E-state index is 13.1. The van der Waals surface area contributed by atoms with Crippen LogP contribution in [0.3, 0.4) is 0 Å². The lowest BCUT2D eigenvalue weighted by molar-refractivity contribution is 0.262. The molecule has 0 saturated heterocycles. The summed E-state index contributed by atoms with van der Waals surface area (Å²) in [4.78, 5) is 12.1. The number of rotatable bonds is 2. The molecule has 0 fully saturated rings. The van der Waals surface area contributed by atoms with E-state index in [-0.39, 0.29) is 5.02 Å². The van der Waals surface area contributed by atoms with Gasteiger partial charge in [0.25, 0.3) is 0 Å². The number of amides is 2. The Hall–Kier alpha value is -2.59. The third-order valence-electron chi connectivity index (χ3n) is 3.22. The molecule has 0 heterocycles. The van der Waals surface area contributed by atoms with E-state index in [4.69, 9.17) is 11.6 Å². The first kappa shape index (κ1) is 14.4. The molecular formula is C17H12ClFN2O. The van der Waals surface area contributed by atoms with Crippen molar-refractivity contribution in [2.24, 2.45) is 0 Å². The zero-order valence-electron chi connectivity index (χ0n) is 11.4. The molecule has 3 aromatic rings.